The number of aromatic nitrogens is 3. The third kappa shape index (κ3) is 2.69. The van der Waals surface area contributed by atoms with E-state index in [0.29, 0.717) is 16.8 Å². The zero-order chi connectivity index (χ0) is 15.5. The van der Waals surface area contributed by atoms with Gasteiger partial charge in [-0.3, -0.25) is 0 Å². The van der Waals surface area contributed by atoms with Gasteiger partial charge in [0.2, 0.25) is 0 Å². The topological polar surface area (TPSA) is 54.5 Å². The Balaban J connectivity index is 2.06. The van der Waals surface area contributed by atoms with E-state index in [4.69, 9.17) is 5.26 Å². The predicted octanol–water partition coefficient (Wildman–Crippen LogP) is 3.14. The molecule has 2 aromatic carbocycles. The number of halogens is 2. The first-order valence-corrected chi connectivity index (χ1v) is 6.51. The molecule has 1 aromatic heterocycles. The lowest BCUT2D eigenvalue weighted by Gasteiger charge is -2.07. The summed E-state index contributed by atoms with van der Waals surface area (Å²) in [6, 6.07) is 13.8. The molecule has 0 bridgehead atoms. The maximum absolute atomic E-state index is 13.4. The van der Waals surface area contributed by atoms with Crippen LogP contribution in [0.3, 0.4) is 0 Å². The molecule has 0 unspecified atom stereocenters. The molecule has 108 valence electrons. The number of hydrogen-bond acceptors (Lipinski definition) is 3. The highest BCUT2D eigenvalue weighted by molar-refractivity contribution is 5.64. The van der Waals surface area contributed by atoms with Crippen molar-refractivity contribution in [1.82, 2.24) is 15.0 Å². The number of hydrogen-bond donors (Lipinski definition) is 0. The Kier molecular flexibility index (Phi) is 3.62. The zero-order valence-corrected chi connectivity index (χ0v) is 11.4. The Bertz CT molecular complexity index is 865. The lowest BCUT2D eigenvalue weighted by Crippen LogP contribution is -2.04. The highest BCUT2D eigenvalue weighted by atomic mass is 19.1. The van der Waals surface area contributed by atoms with Crippen molar-refractivity contribution in [2.45, 2.75) is 6.54 Å². The Hall–Kier alpha value is -3.07. The fourth-order valence-electron chi connectivity index (χ4n) is 2.23. The van der Waals surface area contributed by atoms with Gasteiger partial charge in [-0.2, -0.15) is 5.26 Å². The van der Waals surface area contributed by atoms with Gasteiger partial charge in [-0.15, -0.1) is 5.10 Å². The molecular weight excluding hydrogens is 286 g/mol. The van der Waals surface area contributed by atoms with Crippen molar-refractivity contribution in [3.63, 3.8) is 0 Å². The zero-order valence-electron chi connectivity index (χ0n) is 11.4. The van der Waals surface area contributed by atoms with Crippen LogP contribution in [0.2, 0.25) is 0 Å². The number of rotatable bonds is 3. The molecule has 0 saturated heterocycles. The Labute approximate surface area is 125 Å². The predicted molar refractivity (Wildman–Crippen MR) is 75.6 cm³/mol. The Morgan fingerprint density at radius 2 is 1.77 bits per heavy atom. The summed E-state index contributed by atoms with van der Waals surface area (Å²) in [6.45, 7) is 0.234. The summed E-state index contributed by atoms with van der Waals surface area (Å²) in [4.78, 5) is 0. The normalized spacial score (nSPS) is 10.4. The molecule has 4 nitrogen and oxygen atoms in total. The van der Waals surface area contributed by atoms with Crippen LogP contribution >= 0.6 is 0 Å². The van der Waals surface area contributed by atoms with Crippen molar-refractivity contribution in [2.75, 3.05) is 0 Å². The molecule has 0 spiro atoms. The quantitative estimate of drug-likeness (QED) is 0.746. The van der Waals surface area contributed by atoms with Crippen molar-refractivity contribution < 1.29 is 8.78 Å². The van der Waals surface area contributed by atoms with Gasteiger partial charge < -0.3 is 0 Å². The lowest BCUT2D eigenvalue weighted by molar-refractivity contribution is 0.615. The summed E-state index contributed by atoms with van der Waals surface area (Å²) >= 11 is 0. The highest BCUT2D eigenvalue weighted by Crippen LogP contribution is 2.23. The maximum atomic E-state index is 13.4. The fraction of sp³-hybridized carbons (Fsp3) is 0.0625. The van der Waals surface area contributed by atoms with Crippen LogP contribution in [0.4, 0.5) is 8.78 Å². The summed E-state index contributed by atoms with van der Waals surface area (Å²) < 4.78 is 28.2. The van der Waals surface area contributed by atoms with Gasteiger partial charge in [0.15, 0.2) is 5.69 Å². The maximum Gasteiger partial charge on any atom is 0.190 e. The van der Waals surface area contributed by atoms with E-state index in [0.717, 1.165) is 0 Å². The van der Waals surface area contributed by atoms with Gasteiger partial charge in [0, 0.05) is 5.56 Å². The number of nitrogens with zero attached hydrogens (tertiary/aromatic N) is 4. The molecule has 0 radical (unpaired) electrons. The molecule has 6 heteroatoms. The monoisotopic (exact) mass is 296 g/mol. The van der Waals surface area contributed by atoms with E-state index < -0.39 is 5.82 Å². The summed E-state index contributed by atoms with van der Waals surface area (Å²) in [5, 5.41) is 16.9. The van der Waals surface area contributed by atoms with Gasteiger partial charge >= 0.3 is 0 Å². The van der Waals surface area contributed by atoms with Crippen molar-refractivity contribution in [1.29, 1.82) is 5.26 Å². The van der Waals surface area contributed by atoms with Crippen molar-refractivity contribution in [2.24, 2.45) is 0 Å². The van der Waals surface area contributed by atoms with Gasteiger partial charge in [0.05, 0.1) is 6.54 Å². The molecule has 0 amide bonds. The highest BCUT2D eigenvalue weighted by Gasteiger charge is 2.15. The number of nitriles is 1. The van der Waals surface area contributed by atoms with Gasteiger partial charge in [-0.1, -0.05) is 29.5 Å². The summed E-state index contributed by atoms with van der Waals surface area (Å²) in [6.07, 6.45) is 0. The molecule has 1 heterocycles. The minimum absolute atomic E-state index is 0.0991. The van der Waals surface area contributed by atoms with E-state index in [1.54, 1.807) is 24.3 Å². The van der Waals surface area contributed by atoms with E-state index in [1.165, 1.54) is 28.9 Å². The lowest BCUT2D eigenvalue weighted by atomic mass is 10.1. The van der Waals surface area contributed by atoms with Crippen LogP contribution in [-0.2, 0) is 6.54 Å². The van der Waals surface area contributed by atoms with Crippen LogP contribution < -0.4 is 0 Å². The van der Waals surface area contributed by atoms with Gasteiger partial charge in [0.25, 0.3) is 0 Å². The average Bonchev–Trinajstić information content (AvgIpc) is 2.90. The van der Waals surface area contributed by atoms with Crippen LogP contribution in [0.15, 0.2) is 48.5 Å². The van der Waals surface area contributed by atoms with E-state index in [-0.39, 0.29) is 18.1 Å². The van der Waals surface area contributed by atoms with Crippen LogP contribution in [0, 0.1) is 23.0 Å². The molecule has 0 aliphatic heterocycles. The molecule has 0 aliphatic carbocycles. The second-order valence-corrected chi connectivity index (χ2v) is 4.70. The van der Waals surface area contributed by atoms with Gasteiger partial charge in [-0.25, -0.2) is 13.5 Å². The van der Waals surface area contributed by atoms with Crippen molar-refractivity contribution >= 4 is 0 Å². The van der Waals surface area contributed by atoms with E-state index in [2.05, 4.69) is 10.3 Å². The Morgan fingerprint density at radius 3 is 2.45 bits per heavy atom. The summed E-state index contributed by atoms with van der Waals surface area (Å²) in [5.74, 6) is -0.773. The molecule has 0 aliphatic rings. The standard InChI is InChI=1S/C16H10F2N4/c17-13-5-1-3-11(7-13)10-22-16(15(9-19)20-21-22)12-4-2-6-14(18)8-12/h1-8H,10H2. The van der Waals surface area contributed by atoms with Crippen molar-refractivity contribution in [3.8, 4) is 17.3 Å². The molecular formula is C16H10F2N4. The second kappa shape index (κ2) is 5.74. The smallest absolute Gasteiger partial charge is 0.190 e. The molecule has 0 atom stereocenters. The summed E-state index contributed by atoms with van der Waals surface area (Å²) in [7, 11) is 0. The minimum atomic E-state index is -0.417. The molecule has 0 N–H and O–H groups in total. The first kappa shape index (κ1) is 13.9. The Morgan fingerprint density at radius 1 is 1.05 bits per heavy atom. The molecule has 3 aromatic rings. The van der Waals surface area contributed by atoms with Gasteiger partial charge in [-0.05, 0) is 29.8 Å². The largest absolute Gasteiger partial charge is 0.239 e. The first-order chi connectivity index (χ1) is 10.7. The number of benzene rings is 2. The third-order valence-electron chi connectivity index (χ3n) is 3.16. The third-order valence-corrected chi connectivity index (χ3v) is 3.16. The SMILES string of the molecule is N#Cc1nnn(Cc2cccc(F)c2)c1-c1cccc(F)c1. The van der Waals surface area contributed by atoms with Crippen LogP contribution in [-0.4, -0.2) is 15.0 Å². The molecule has 0 saturated carbocycles. The minimum Gasteiger partial charge on any atom is -0.239 e. The van der Waals surface area contributed by atoms with E-state index in [1.807, 2.05) is 6.07 Å². The summed E-state index contributed by atoms with van der Waals surface area (Å²) in [5.41, 5.74) is 1.68. The van der Waals surface area contributed by atoms with Crippen LogP contribution in [0.1, 0.15) is 11.3 Å². The van der Waals surface area contributed by atoms with E-state index in [9.17, 15) is 8.78 Å². The second-order valence-electron chi connectivity index (χ2n) is 4.70. The molecule has 0 fully saturated rings. The molecule has 3 rings (SSSR count). The van der Waals surface area contributed by atoms with Gasteiger partial charge in [0.1, 0.15) is 23.4 Å². The van der Waals surface area contributed by atoms with E-state index >= 15 is 0 Å². The van der Waals surface area contributed by atoms with Crippen LogP contribution in [0.5, 0.6) is 0 Å². The van der Waals surface area contributed by atoms with Crippen LogP contribution in [0.25, 0.3) is 11.3 Å². The average molecular weight is 296 g/mol. The molecule has 22 heavy (non-hydrogen) atoms. The fourth-order valence-corrected chi connectivity index (χ4v) is 2.23. The first-order valence-electron chi connectivity index (χ1n) is 6.51. The van der Waals surface area contributed by atoms with Crippen molar-refractivity contribution in [3.05, 3.63) is 71.4 Å².